The molecule has 1 amide bonds. The van der Waals surface area contributed by atoms with Gasteiger partial charge in [-0.3, -0.25) is 4.79 Å². The molecule has 1 N–H and O–H groups in total. The van der Waals surface area contributed by atoms with E-state index < -0.39 is 5.54 Å². The topological polar surface area (TPSA) is 55.4 Å². The molecule has 1 fully saturated rings. The van der Waals surface area contributed by atoms with Crippen molar-refractivity contribution in [3.63, 3.8) is 0 Å². The molecule has 0 bridgehead atoms. The summed E-state index contributed by atoms with van der Waals surface area (Å²) in [6.07, 6.45) is 4.20. The summed E-state index contributed by atoms with van der Waals surface area (Å²) in [5, 5.41) is 2.93. The first kappa shape index (κ1) is 16.7. The number of nitrogens with one attached hydrogen (secondary N) is 1. The molecule has 6 heteroatoms. The number of hydrogen-bond donors (Lipinski definition) is 1. The van der Waals surface area contributed by atoms with Gasteiger partial charge in [0.15, 0.2) is 0 Å². The Morgan fingerprint density at radius 1 is 1.29 bits per heavy atom. The lowest BCUT2D eigenvalue weighted by atomic mass is 9.81. The summed E-state index contributed by atoms with van der Waals surface area (Å²) in [4.78, 5) is 24.7. The Balaban J connectivity index is 2.26. The van der Waals surface area contributed by atoms with Crippen molar-refractivity contribution in [3.8, 4) is 0 Å². The molecule has 0 unspecified atom stereocenters. The van der Waals surface area contributed by atoms with E-state index in [4.69, 9.17) is 4.74 Å². The molecule has 0 atom stereocenters. The average Bonchev–Trinajstić information content (AvgIpc) is 2.49. The third-order valence-electron chi connectivity index (χ3n) is 3.81. The molecule has 1 aliphatic rings. The summed E-state index contributed by atoms with van der Waals surface area (Å²) < 4.78 is 6.61. The van der Waals surface area contributed by atoms with E-state index in [-0.39, 0.29) is 11.9 Å². The first-order valence-corrected chi connectivity index (χ1v) is 8.72. The number of benzene rings is 1. The maximum atomic E-state index is 12.6. The van der Waals surface area contributed by atoms with Crippen LogP contribution in [0.1, 0.15) is 42.5 Å². The quantitative estimate of drug-likeness (QED) is 0.547. The van der Waals surface area contributed by atoms with Crippen LogP contribution in [0.4, 0.5) is 0 Å². The summed E-state index contributed by atoms with van der Waals surface area (Å²) >= 11 is 5.49. The van der Waals surface area contributed by atoms with Crippen LogP contribution in [0, 0.1) is 3.57 Å². The zero-order valence-corrected chi connectivity index (χ0v) is 15.5. The first-order chi connectivity index (χ1) is 9.98. The summed E-state index contributed by atoms with van der Waals surface area (Å²) in [6.45, 7) is 0. The van der Waals surface area contributed by atoms with Crippen LogP contribution in [0.25, 0.3) is 0 Å². The average molecular weight is 466 g/mol. The second kappa shape index (κ2) is 7.09. The third-order valence-corrected chi connectivity index (χ3v) is 5.24. The normalized spacial score (nSPS) is 17.1. The van der Waals surface area contributed by atoms with Crippen LogP contribution in [0.2, 0.25) is 0 Å². The van der Waals surface area contributed by atoms with Crippen LogP contribution in [0.3, 0.4) is 0 Å². The molecule has 114 valence electrons. The lowest BCUT2D eigenvalue weighted by Gasteiger charge is -2.35. The molecule has 1 aliphatic carbocycles. The van der Waals surface area contributed by atoms with Crippen LogP contribution in [0.15, 0.2) is 22.7 Å². The Morgan fingerprint density at radius 2 is 1.95 bits per heavy atom. The molecule has 21 heavy (non-hydrogen) atoms. The van der Waals surface area contributed by atoms with Gasteiger partial charge in [-0.25, -0.2) is 4.79 Å². The molecule has 0 saturated heterocycles. The van der Waals surface area contributed by atoms with Crippen LogP contribution in [-0.4, -0.2) is 24.5 Å². The molecule has 0 radical (unpaired) electrons. The van der Waals surface area contributed by atoms with Gasteiger partial charge in [0.2, 0.25) is 0 Å². The summed E-state index contributed by atoms with van der Waals surface area (Å²) in [6, 6.07) is 5.52. The molecule has 1 aromatic rings. The summed E-state index contributed by atoms with van der Waals surface area (Å²) in [7, 11) is 1.37. The Bertz CT molecular complexity index is 556. The molecule has 0 spiro atoms. The standard InChI is InChI=1S/C15H17BrINO3/c1-21-14(20)15(7-3-2-4-8-15)18-13(19)11-9-10(16)5-6-12(11)17/h5-6,9H,2-4,7-8H2,1H3,(H,18,19). The highest BCUT2D eigenvalue weighted by Gasteiger charge is 2.42. The van der Waals surface area contributed by atoms with Gasteiger partial charge in [0.05, 0.1) is 12.7 Å². The van der Waals surface area contributed by atoms with Crippen LogP contribution < -0.4 is 5.32 Å². The van der Waals surface area contributed by atoms with Crippen molar-refractivity contribution >= 4 is 50.4 Å². The Morgan fingerprint density at radius 3 is 2.57 bits per heavy atom. The van der Waals surface area contributed by atoms with E-state index in [1.807, 2.05) is 12.1 Å². The fraction of sp³-hybridized carbons (Fsp3) is 0.467. The molecule has 0 aromatic heterocycles. The van der Waals surface area contributed by atoms with Crippen LogP contribution in [-0.2, 0) is 9.53 Å². The maximum Gasteiger partial charge on any atom is 0.331 e. The molecular weight excluding hydrogens is 449 g/mol. The van der Waals surface area contributed by atoms with Gasteiger partial charge in [-0.15, -0.1) is 0 Å². The van der Waals surface area contributed by atoms with Gasteiger partial charge in [0.1, 0.15) is 5.54 Å². The highest BCUT2D eigenvalue weighted by atomic mass is 127. The largest absolute Gasteiger partial charge is 0.467 e. The highest BCUT2D eigenvalue weighted by Crippen LogP contribution is 2.30. The number of methoxy groups -OCH3 is 1. The third kappa shape index (κ3) is 3.77. The van der Waals surface area contributed by atoms with Crippen molar-refractivity contribution in [2.45, 2.75) is 37.6 Å². The molecule has 1 aromatic carbocycles. The van der Waals surface area contributed by atoms with Crippen molar-refractivity contribution < 1.29 is 14.3 Å². The van der Waals surface area contributed by atoms with E-state index in [1.165, 1.54) is 7.11 Å². The zero-order chi connectivity index (χ0) is 15.5. The second-order valence-electron chi connectivity index (χ2n) is 5.21. The molecule has 0 heterocycles. The summed E-state index contributed by atoms with van der Waals surface area (Å²) in [5.74, 6) is -0.575. The number of hydrogen-bond acceptors (Lipinski definition) is 3. The van der Waals surface area contributed by atoms with E-state index in [0.717, 1.165) is 27.3 Å². The van der Waals surface area contributed by atoms with Crippen LogP contribution >= 0.6 is 38.5 Å². The number of ether oxygens (including phenoxy) is 1. The van der Waals surface area contributed by atoms with Crippen molar-refractivity contribution in [2.24, 2.45) is 0 Å². The number of halogens is 2. The van der Waals surface area contributed by atoms with Crippen molar-refractivity contribution in [2.75, 3.05) is 7.11 Å². The van der Waals surface area contributed by atoms with Crippen molar-refractivity contribution in [1.82, 2.24) is 5.32 Å². The zero-order valence-electron chi connectivity index (χ0n) is 11.7. The van der Waals surface area contributed by atoms with Crippen molar-refractivity contribution in [1.29, 1.82) is 0 Å². The van der Waals surface area contributed by atoms with E-state index >= 15 is 0 Å². The van der Waals surface area contributed by atoms with Gasteiger partial charge in [0, 0.05) is 8.04 Å². The van der Waals surface area contributed by atoms with Gasteiger partial charge in [-0.2, -0.15) is 0 Å². The summed E-state index contributed by atoms with van der Waals surface area (Å²) in [5.41, 5.74) is -0.311. The molecule has 2 rings (SSSR count). The monoisotopic (exact) mass is 465 g/mol. The van der Waals surface area contributed by atoms with Crippen molar-refractivity contribution in [3.05, 3.63) is 31.8 Å². The van der Waals surface area contributed by atoms with E-state index in [9.17, 15) is 9.59 Å². The van der Waals surface area contributed by atoms with E-state index in [2.05, 4.69) is 43.8 Å². The minimum Gasteiger partial charge on any atom is -0.467 e. The fourth-order valence-electron chi connectivity index (χ4n) is 2.69. The minimum absolute atomic E-state index is 0.229. The lowest BCUT2D eigenvalue weighted by Crippen LogP contribution is -2.56. The minimum atomic E-state index is -0.879. The first-order valence-electron chi connectivity index (χ1n) is 6.84. The molecule has 0 aliphatic heterocycles. The maximum absolute atomic E-state index is 12.6. The van der Waals surface area contributed by atoms with Gasteiger partial charge in [-0.05, 0) is 53.6 Å². The predicted octanol–water partition coefficient (Wildman–Crippen LogP) is 3.66. The highest BCUT2D eigenvalue weighted by molar-refractivity contribution is 14.1. The number of rotatable bonds is 3. The Hall–Kier alpha value is -0.630. The number of carbonyl (C=O) groups is 2. The lowest BCUT2D eigenvalue weighted by molar-refractivity contribution is -0.149. The van der Waals surface area contributed by atoms with E-state index in [0.29, 0.717) is 18.4 Å². The molecule has 4 nitrogen and oxygen atoms in total. The number of esters is 1. The van der Waals surface area contributed by atoms with Gasteiger partial charge in [0.25, 0.3) is 5.91 Å². The fourth-order valence-corrected chi connectivity index (χ4v) is 3.63. The number of carbonyl (C=O) groups excluding carboxylic acids is 2. The second-order valence-corrected chi connectivity index (χ2v) is 7.29. The van der Waals surface area contributed by atoms with Gasteiger partial charge < -0.3 is 10.1 Å². The van der Waals surface area contributed by atoms with E-state index in [1.54, 1.807) is 6.07 Å². The van der Waals surface area contributed by atoms with Gasteiger partial charge >= 0.3 is 5.97 Å². The Labute approximate surface area is 146 Å². The molecule has 1 saturated carbocycles. The van der Waals surface area contributed by atoms with Gasteiger partial charge in [-0.1, -0.05) is 35.2 Å². The SMILES string of the molecule is COC(=O)C1(NC(=O)c2cc(Br)ccc2I)CCCCC1. The molecular formula is C15H17BrINO3. The predicted molar refractivity (Wildman–Crippen MR) is 92.2 cm³/mol. The smallest absolute Gasteiger partial charge is 0.331 e. The Kier molecular flexibility index (Phi) is 5.65. The van der Waals surface area contributed by atoms with Crippen LogP contribution in [0.5, 0.6) is 0 Å². The number of amides is 1.